The highest BCUT2D eigenvalue weighted by molar-refractivity contribution is 7.91. The van der Waals surface area contributed by atoms with E-state index in [4.69, 9.17) is 0 Å². The van der Waals surface area contributed by atoms with Crippen molar-refractivity contribution in [2.24, 2.45) is 4.40 Å². The van der Waals surface area contributed by atoms with Gasteiger partial charge in [-0.2, -0.15) is 26.3 Å². The van der Waals surface area contributed by atoms with Gasteiger partial charge in [-0.3, -0.25) is 0 Å². The van der Waals surface area contributed by atoms with Crippen molar-refractivity contribution in [1.82, 2.24) is 9.97 Å². The second kappa shape index (κ2) is 7.90. The molecule has 158 valence electrons. The van der Waals surface area contributed by atoms with E-state index in [1.807, 2.05) is 0 Å². The van der Waals surface area contributed by atoms with E-state index >= 15 is 0 Å². The number of aromatic nitrogens is 2. The molecule has 1 atom stereocenters. The fourth-order valence-corrected chi connectivity index (χ4v) is 2.59. The van der Waals surface area contributed by atoms with Crippen LogP contribution in [-0.4, -0.2) is 25.0 Å². The van der Waals surface area contributed by atoms with Gasteiger partial charge in [-0.1, -0.05) is 4.40 Å². The van der Waals surface area contributed by atoms with E-state index < -0.39 is 62.6 Å². The lowest BCUT2D eigenvalue weighted by molar-refractivity contribution is -0.141. The van der Waals surface area contributed by atoms with E-state index in [-0.39, 0.29) is 6.07 Å². The molecule has 1 aromatic carbocycles. The first-order chi connectivity index (χ1) is 13.1. The molecular weight excluding hydrogens is 427 g/mol. The first-order valence-electron chi connectivity index (χ1n) is 7.88. The highest BCUT2D eigenvalue weighted by Gasteiger charge is 2.36. The Morgan fingerprint density at radius 3 is 2.14 bits per heavy atom. The number of alkyl halides is 6. The second-order valence-electron chi connectivity index (χ2n) is 6.79. The SMILES string of the molecule is CC(C)(C)[S+]([O-])/N=C(\c1cc(F)cc(C(F)(F)F)c1)c1nccc(C(F)(F)F)n1. The highest BCUT2D eigenvalue weighted by Crippen LogP contribution is 2.32. The third kappa shape index (κ3) is 5.89. The van der Waals surface area contributed by atoms with Crippen molar-refractivity contribution in [3.8, 4) is 0 Å². The van der Waals surface area contributed by atoms with Crippen molar-refractivity contribution in [1.29, 1.82) is 0 Å². The summed E-state index contributed by atoms with van der Waals surface area (Å²) < 4.78 is 107. The third-order valence-electron chi connectivity index (χ3n) is 3.35. The van der Waals surface area contributed by atoms with Gasteiger partial charge in [0.05, 0.1) is 5.56 Å². The summed E-state index contributed by atoms with van der Waals surface area (Å²) in [5.41, 5.74) is -4.00. The zero-order chi connectivity index (χ0) is 22.2. The molecule has 0 amide bonds. The quantitative estimate of drug-likeness (QED) is 0.385. The Morgan fingerprint density at radius 1 is 1.00 bits per heavy atom. The van der Waals surface area contributed by atoms with Gasteiger partial charge in [-0.05, 0) is 45.0 Å². The zero-order valence-electron chi connectivity index (χ0n) is 15.2. The van der Waals surface area contributed by atoms with Gasteiger partial charge in [0.25, 0.3) is 0 Å². The average Bonchev–Trinajstić information content (AvgIpc) is 2.56. The molecule has 0 spiro atoms. The van der Waals surface area contributed by atoms with Crippen molar-refractivity contribution in [3.63, 3.8) is 0 Å². The van der Waals surface area contributed by atoms with Gasteiger partial charge in [0.2, 0.25) is 0 Å². The van der Waals surface area contributed by atoms with Gasteiger partial charge in [0.15, 0.2) is 11.5 Å². The van der Waals surface area contributed by atoms with Crippen LogP contribution in [0.1, 0.15) is 43.4 Å². The minimum Gasteiger partial charge on any atom is -0.591 e. The minimum absolute atomic E-state index is 0.217. The Hall–Kier alpha value is -2.21. The summed E-state index contributed by atoms with van der Waals surface area (Å²) >= 11 is -2.11. The smallest absolute Gasteiger partial charge is 0.433 e. The van der Waals surface area contributed by atoms with Crippen LogP contribution in [0.4, 0.5) is 30.7 Å². The summed E-state index contributed by atoms with van der Waals surface area (Å²) in [5.74, 6) is -2.05. The molecule has 0 aliphatic carbocycles. The van der Waals surface area contributed by atoms with E-state index in [0.717, 1.165) is 6.20 Å². The van der Waals surface area contributed by atoms with E-state index in [2.05, 4.69) is 14.4 Å². The molecule has 29 heavy (non-hydrogen) atoms. The Morgan fingerprint density at radius 2 is 1.62 bits per heavy atom. The Bertz CT molecular complexity index is 920. The van der Waals surface area contributed by atoms with E-state index in [1.54, 1.807) is 0 Å². The van der Waals surface area contributed by atoms with Crippen LogP contribution >= 0.6 is 0 Å². The molecule has 1 unspecified atom stereocenters. The van der Waals surface area contributed by atoms with Crippen LogP contribution in [0, 0.1) is 5.82 Å². The topological polar surface area (TPSA) is 61.2 Å². The molecule has 0 aliphatic heterocycles. The summed E-state index contributed by atoms with van der Waals surface area (Å²) in [6.45, 7) is 4.47. The molecule has 4 nitrogen and oxygen atoms in total. The van der Waals surface area contributed by atoms with E-state index in [0.29, 0.717) is 18.2 Å². The van der Waals surface area contributed by atoms with Crippen molar-refractivity contribution in [3.05, 3.63) is 58.9 Å². The van der Waals surface area contributed by atoms with Crippen molar-refractivity contribution < 1.29 is 35.3 Å². The lowest BCUT2D eigenvalue weighted by atomic mass is 10.1. The first-order valence-corrected chi connectivity index (χ1v) is 8.99. The lowest BCUT2D eigenvalue weighted by Crippen LogP contribution is -2.28. The van der Waals surface area contributed by atoms with Gasteiger partial charge in [-0.25, -0.2) is 14.4 Å². The second-order valence-corrected chi connectivity index (χ2v) is 8.70. The predicted molar refractivity (Wildman–Crippen MR) is 92.0 cm³/mol. The largest absolute Gasteiger partial charge is 0.591 e. The molecule has 2 aromatic rings. The molecule has 2 rings (SSSR count). The van der Waals surface area contributed by atoms with Crippen molar-refractivity contribution in [2.45, 2.75) is 37.9 Å². The minimum atomic E-state index is -4.93. The van der Waals surface area contributed by atoms with Gasteiger partial charge < -0.3 is 4.55 Å². The van der Waals surface area contributed by atoms with Crippen LogP contribution in [-0.2, 0) is 23.7 Å². The standard InChI is InChI=1S/C17H14F7N3OS/c1-15(2,3)29(28)27-13(14-25-5-4-12(26-14)17(22,23)24)9-6-10(16(19,20)21)8-11(18)7-9/h4-8H,1-3H3/b27-13+. The fourth-order valence-electron chi connectivity index (χ4n) is 1.96. The van der Waals surface area contributed by atoms with Gasteiger partial charge in [0, 0.05) is 11.8 Å². The molecule has 0 aliphatic rings. The number of nitrogens with zero attached hydrogens (tertiary/aromatic N) is 3. The number of hydrogen-bond acceptors (Lipinski definition) is 4. The highest BCUT2D eigenvalue weighted by atomic mass is 32.2. The maximum atomic E-state index is 13.8. The molecule has 0 saturated carbocycles. The van der Waals surface area contributed by atoms with E-state index in [9.17, 15) is 35.3 Å². The van der Waals surface area contributed by atoms with Crippen LogP contribution < -0.4 is 0 Å². The van der Waals surface area contributed by atoms with Gasteiger partial charge in [0.1, 0.15) is 27.6 Å². The number of halogens is 7. The Kier molecular flexibility index (Phi) is 6.29. The summed E-state index contributed by atoms with van der Waals surface area (Å²) in [6.07, 6.45) is -9.07. The normalized spacial score (nSPS) is 14.8. The van der Waals surface area contributed by atoms with Crippen LogP contribution in [0.2, 0.25) is 0 Å². The molecule has 0 bridgehead atoms. The van der Waals surface area contributed by atoms with Gasteiger partial charge in [-0.15, -0.1) is 0 Å². The summed E-state index contributed by atoms with van der Waals surface area (Å²) in [7, 11) is 0. The number of hydrogen-bond donors (Lipinski definition) is 0. The van der Waals surface area contributed by atoms with Crippen LogP contribution in [0.5, 0.6) is 0 Å². The van der Waals surface area contributed by atoms with Crippen molar-refractivity contribution in [2.75, 3.05) is 0 Å². The Balaban J connectivity index is 2.75. The number of benzene rings is 1. The molecule has 12 heteroatoms. The summed E-state index contributed by atoms with van der Waals surface area (Å²) in [6, 6.07) is 1.87. The first kappa shape index (κ1) is 23.1. The maximum absolute atomic E-state index is 13.8. The maximum Gasteiger partial charge on any atom is 0.433 e. The number of rotatable bonds is 3. The van der Waals surface area contributed by atoms with Crippen LogP contribution in [0.3, 0.4) is 0 Å². The van der Waals surface area contributed by atoms with E-state index in [1.165, 1.54) is 20.8 Å². The molecule has 0 fully saturated rings. The lowest BCUT2D eigenvalue weighted by Gasteiger charge is -2.19. The summed E-state index contributed by atoms with van der Waals surface area (Å²) in [4.78, 5) is 6.88. The monoisotopic (exact) mass is 441 g/mol. The average molecular weight is 441 g/mol. The van der Waals surface area contributed by atoms with Gasteiger partial charge >= 0.3 is 12.4 Å². The molecule has 1 heterocycles. The molecule has 0 saturated heterocycles. The fraction of sp³-hybridized carbons (Fsp3) is 0.353. The summed E-state index contributed by atoms with van der Waals surface area (Å²) in [5, 5.41) is 0. The molecule has 0 N–H and O–H groups in total. The zero-order valence-corrected chi connectivity index (χ0v) is 16.0. The molecular formula is C17H14F7N3OS. The third-order valence-corrected chi connectivity index (χ3v) is 4.75. The van der Waals surface area contributed by atoms with Crippen LogP contribution in [0.25, 0.3) is 0 Å². The molecule has 0 radical (unpaired) electrons. The molecule has 1 aromatic heterocycles. The predicted octanol–water partition coefficient (Wildman–Crippen LogP) is 4.95. The van der Waals surface area contributed by atoms with Crippen molar-refractivity contribution >= 4 is 17.1 Å². The Labute approximate surface area is 164 Å². The van der Waals surface area contributed by atoms with Crippen LogP contribution in [0.15, 0.2) is 34.9 Å².